The van der Waals surface area contributed by atoms with Crippen LogP contribution in [-0.2, 0) is 9.53 Å². The summed E-state index contributed by atoms with van der Waals surface area (Å²) in [5.41, 5.74) is 1.20. The number of ether oxygens (including phenoxy) is 2. The van der Waals surface area contributed by atoms with Gasteiger partial charge in [0, 0.05) is 0 Å². The molecule has 0 N–H and O–H groups in total. The first-order valence-electron chi connectivity index (χ1n) is 9.03. The third-order valence-electron chi connectivity index (χ3n) is 4.64. The molecule has 0 heterocycles. The van der Waals surface area contributed by atoms with E-state index >= 15 is 0 Å². The number of carbonyl (C=O) groups excluding carboxylic acids is 1. The minimum absolute atomic E-state index is 0.331. The van der Waals surface area contributed by atoms with Gasteiger partial charge in [-0.25, -0.2) is 4.79 Å². The first-order valence-corrected chi connectivity index (χ1v) is 9.03. The van der Waals surface area contributed by atoms with Crippen molar-refractivity contribution in [3.05, 3.63) is 48.5 Å². The Kier molecular flexibility index (Phi) is 7.05. The molecule has 25 heavy (non-hydrogen) atoms. The van der Waals surface area contributed by atoms with E-state index in [4.69, 9.17) is 9.47 Å². The molecular weight excluding hydrogens is 312 g/mol. The van der Waals surface area contributed by atoms with E-state index in [1.807, 2.05) is 36.4 Å². The normalized spacial score (nSPS) is 12.0. The van der Waals surface area contributed by atoms with Crippen LogP contribution < -0.4 is 4.74 Å². The molecule has 1 unspecified atom stereocenters. The number of rotatable bonds is 9. The van der Waals surface area contributed by atoms with Crippen LogP contribution in [0.3, 0.4) is 0 Å². The van der Waals surface area contributed by atoms with Crippen LogP contribution in [0.1, 0.15) is 45.1 Å². The Labute approximate surface area is 150 Å². The summed E-state index contributed by atoms with van der Waals surface area (Å²) in [6.45, 7) is 8.72. The molecule has 0 fully saturated rings. The van der Waals surface area contributed by atoms with Gasteiger partial charge in [-0.15, -0.1) is 0 Å². The van der Waals surface area contributed by atoms with Crippen LogP contribution in [0.2, 0.25) is 0 Å². The molecule has 0 saturated heterocycles. The lowest BCUT2D eigenvalue weighted by molar-refractivity contribution is -0.138. The monoisotopic (exact) mass is 340 g/mol. The number of fused-ring (bicyclic) bond motifs is 1. The summed E-state index contributed by atoms with van der Waals surface area (Å²) in [5, 5.41) is 2.11. The average Bonchev–Trinajstić information content (AvgIpc) is 2.66. The van der Waals surface area contributed by atoms with Gasteiger partial charge < -0.3 is 9.47 Å². The summed E-state index contributed by atoms with van der Waals surface area (Å²) in [7, 11) is 1.65. The van der Waals surface area contributed by atoms with Crippen molar-refractivity contribution in [1.29, 1.82) is 0 Å². The predicted molar refractivity (Wildman–Crippen MR) is 104 cm³/mol. The third-order valence-corrected chi connectivity index (χ3v) is 4.64. The molecule has 0 aliphatic heterocycles. The predicted octanol–water partition coefficient (Wildman–Crippen LogP) is 5.62. The molecule has 0 aromatic heterocycles. The first kappa shape index (κ1) is 19.0. The molecule has 0 amide bonds. The van der Waals surface area contributed by atoms with E-state index in [0.29, 0.717) is 18.1 Å². The lowest BCUT2D eigenvalue weighted by Crippen LogP contribution is -2.14. The maximum Gasteiger partial charge on any atom is 0.338 e. The fourth-order valence-electron chi connectivity index (χ4n) is 2.84. The van der Waals surface area contributed by atoms with Gasteiger partial charge in [-0.3, -0.25) is 0 Å². The molecule has 0 aliphatic rings. The highest BCUT2D eigenvalue weighted by Gasteiger charge is 2.14. The molecule has 3 nitrogen and oxygen atoms in total. The zero-order valence-electron chi connectivity index (χ0n) is 15.5. The Balaban J connectivity index is 2.03. The van der Waals surface area contributed by atoms with Crippen molar-refractivity contribution in [2.45, 2.75) is 39.5 Å². The topological polar surface area (TPSA) is 35.5 Å². The minimum Gasteiger partial charge on any atom is -0.497 e. The molecular formula is C22H28O3. The van der Waals surface area contributed by atoms with E-state index in [0.717, 1.165) is 34.9 Å². The van der Waals surface area contributed by atoms with Gasteiger partial charge in [0.05, 0.1) is 19.3 Å². The molecule has 0 saturated carbocycles. The summed E-state index contributed by atoms with van der Waals surface area (Å²) in [4.78, 5) is 12.3. The number of benzene rings is 2. The molecule has 0 radical (unpaired) electrons. The zero-order valence-corrected chi connectivity index (χ0v) is 15.5. The summed E-state index contributed by atoms with van der Waals surface area (Å²) >= 11 is 0. The van der Waals surface area contributed by atoms with E-state index < -0.39 is 0 Å². The smallest absolute Gasteiger partial charge is 0.338 e. The lowest BCUT2D eigenvalue weighted by Gasteiger charge is -2.15. The fourth-order valence-corrected chi connectivity index (χ4v) is 2.84. The van der Waals surface area contributed by atoms with E-state index in [1.165, 1.54) is 12.8 Å². The van der Waals surface area contributed by atoms with Gasteiger partial charge in [0.1, 0.15) is 5.75 Å². The summed E-state index contributed by atoms with van der Waals surface area (Å²) in [6, 6.07) is 11.7. The Morgan fingerprint density at radius 2 is 1.84 bits per heavy atom. The first-order chi connectivity index (χ1) is 12.1. The molecule has 2 aromatic carbocycles. The van der Waals surface area contributed by atoms with Crippen LogP contribution in [0.15, 0.2) is 43.0 Å². The Morgan fingerprint density at radius 1 is 1.12 bits per heavy atom. The van der Waals surface area contributed by atoms with Gasteiger partial charge in [-0.1, -0.05) is 57.9 Å². The standard InChI is InChI=1S/C22H28O3/c1-5-7-8-17(6-2)15-25-22(23)16(3)18-9-10-20-14-21(24-4)12-11-19(20)13-18/h9-14,17H,3,5-8,15H2,1-2,4H3. The van der Waals surface area contributed by atoms with Gasteiger partial charge in [0.15, 0.2) is 0 Å². The van der Waals surface area contributed by atoms with Crippen LogP contribution in [-0.4, -0.2) is 19.7 Å². The Bertz CT molecular complexity index is 733. The molecule has 0 bridgehead atoms. The largest absolute Gasteiger partial charge is 0.497 e. The second kappa shape index (κ2) is 9.26. The molecule has 2 aromatic rings. The van der Waals surface area contributed by atoms with Gasteiger partial charge in [-0.05, 0) is 46.9 Å². The quantitative estimate of drug-likeness (QED) is 0.439. The number of esters is 1. The van der Waals surface area contributed by atoms with Crippen molar-refractivity contribution in [2.75, 3.05) is 13.7 Å². The third kappa shape index (κ3) is 5.09. The summed E-state index contributed by atoms with van der Waals surface area (Å²) < 4.78 is 10.7. The lowest BCUT2D eigenvalue weighted by atomic mass is 10.00. The van der Waals surface area contributed by atoms with Crippen molar-refractivity contribution in [3.8, 4) is 5.75 Å². The van der Waals surface area contributed by atoms with Gasteiger partial charge >= 0.3 is 5.97 Å². The maximum absolute atomic E-state index is 12.3. The van der Waals surface area contributed by atoms with E-state index in [2.05, 4.69) is 20.4 Å². The molecule has 134 valence electrons. The van der Waals surface area contributed by atoms with E-state index in [9.17, 15) is 4.79 Å². The molecule has 1 atom stereocenters. The minimum atomic E-state index is -0.331. The van der Waals surface area contributed by atoms with Crippen molar-refractivity contribution in [1.82, 2.24) is 0 Å². The summed E-state index contributed by atoms with van der Waals surface area (Å²) in [6.07, 6.45) is 4.46. The van der Waals surface area contributed by atoms with Crippen LogP contribution >= 0.6 is 0 Å². The van der Waals surface area contributed by atoms with Crippen molar-refractivity contribution >= 4 is 22.3 Å². The van der Waals surface area contributed by atoms with Crippen molar-refractivity contribution in [2.24, 2.45) is 5.92 Å². The molecule has 3 heteroatoms. The van der Waals surface area contributed by atoms with Gasteiger partial charge in [0.25, 0.3) is 0 Å². The number of hydrogen-bond acceptors (Lipinski definition) is 3. The number of methoxy groups -OCH3 is 1. The Hall–Kier alpha value is -2.29. The van der Waals surface area contributed by atoms with E-state index in [-0.39, 0.29) is 5.97 Å². The molecule has 0 aliphatic carbocycles. The molecule has 2 rings (SSSR count). The second-order valence-corrected chi connectivity index (χ2v) is 6.42. The van der Waals surface area contributed by atoms with Crippen LogP contribution in [0.5, 0.6) is 5.75 Å². The van der Waals surface area contributed by atoms with Crippen LogP contribution in [0.25, 0.3) is 16.3 Å². The highest BCUT2D eigenvalue weighted by atomic mass is 16.5. The van der Waals surface area contributed by atoms with Crippen molar-refractivity contribution in [3.63, 3.8) is 0 Å². The van der Waals surface area contributed by atoms with Crippen molar-refractivity contribution < 1.29 is 14.3 Å². The van der Waals surface area contributed by atoms with Gasteiger partial charge in [0.2, 0.25) is 0 Å². The second-order valence-electron chi connectivity index (χ2n) is 6.42. The number of unbranched alkanes of at least 4 members (excludes halogenated alkanes) is 1. The van der Waals surface area contributed by atoms with Crippen LogP contribution in [0, 0.1) is 5.92 Å². The highest BCUT2D eigenvalue weighted by molar-refractivity contribution is 6.16. The number of hydrogen-bond donors (Lipinski definition) is 0. The zero-order chi connectivity index (χ0) is 18.2. The number of carbonyl (C=O) groups is 1. The Morgan fingerprint density at radius 3 is 2.52 bits per heavy atom. The SMILES string of the molecule is C=C(C(=O)OCC(CC)CCCC)c1ccc2cc(OC)ccc2c1. The average molecular weight is 340 g/mol. The van der Waals surface area contributed by atoms with Gasteiger partial charge in [-0.2, -0.15) is 0 Å². The fraction of sp³-hybridized carbons (Fsp3) is 0.409. The van der Waals surface area contributed by atoms with E-state index in [1.54, 1.807) is 7.11 Å². The summed E-state index contributed by atoms with van der Waals surface area (Å²) in [5.74, 6) is 0.916. The molecule has 0 spiro atoms. The van der Waals surface area contributed by atoms with Crippen LogP contribution in [0.4, 0.5) is 0 Å². The maximum atomic E-state index is 12.3. The highest BCUT2D eigenvalue weighted by Crippen LogP contribution is 2.25.